The van der Waals surface area contributed by atoms with Gasteiger partial charge in [-0.3, -0.25) is 4.48 Å². The Morgan fingerprint density at radius 3 is 1.90 bits per heavy atom. The molecule has 3 heteroatoms. The Kier molecular flexibility index (Phi) is 16.5. The molecule has 0 amide bonds. The van der Waals surface area contributed by atoms with Crippen LogP contribution in [0.2, 0.25) is 0 Å². The summed E-state index contributed by atoms with van der Waals surface area (Å²) in [6, 6.07) is 0. The van der Waals surface area contributed by atoms with Crippen molar-refractivity contribution in [3.63, 3.8) is 0 Å². The standard InChI is InChI=1S/C26H51N2O/c1-3-5-6-7-8-9-10-11-12-13-14-15-16-17-18-19-20-21-26-27-22-23-28(26,4-2)24-25-29/h5-6,22,26,29H,3-4,7-21,23-25H2,1-2H3/q+1/b6-5+. The molecule has 0 aromatic heterocycles. The highest BCUT2D eigenvalue weighted by Crippen LogP contribution is 2.24. The Morgan fingerprint density at radius 2 is 1.38 bits per heavy atom. The Hall–Kier alpha value is -0.670. The van der Waals surface area contributed by atoms with Crippen molar-refractivity contribution in [1.29, 1.82) is 0 Å². The van der Waals surface area contributed by atoms with E-state index in [1.165, 1.54) is 103 Å². The number of quaternary nitrogens is 1. The lowest BCUT2D eigenvalue weighted by Gasteiger charge is -2.37. The summed E-state index contributed by atoms with van der Waals surface area (Å²) in [4.78, 5) is 4.72. The third kappa shape index (κ3) is 11.9. The minimum absolute atomic E-state index is 0.282. The molecule has 29 heavy (non-hydrogen) atoms. The van der Waals surface area contributed by atoms with Gasteiger partial charge in [-0.25, -0.2) is 4.99 Å². The van der Waals surface area contributed by atoms with Gasteiger partial charge in [-0.05, 0) is 32.6 Å². The number of likely N-dealkylation sites (N-methyl/N-ethyl adjacent to an activating group) is 1. The average molecular weight is 408 g/mol. The van der Waals surface area contributed by atoms with Gasteiger partial charge in [0.2, 0.25) is 0 Å². The normalized spacial score (nSPS) is 21.6. The molecule has 1 heterocycles. The van der Waals surface area contributed by atoms with Gasteiger partial charge in [0, 0.05) is 6.42 Å². The van der Waals surface area contributed by atoms with Crippen molar-refractivity contribution in [2.75, 3.05) is 26.2 Å². The van der Waals surface area contributed by atoms with Crippen LogP contribution < -0.4 is 0 Å². The first-order valence-corrected chi connectivity index (χ1v) is 12.9. The summed E-state index contributed by atoms with van der Waals surface area (Å²) in [6.07, 6.45) is 29.1. The first kappa shape index (κ1) is 26.4. The van der Waals surface area contributed by atoms with Gasteiger partial charge in [0.05, 0.1) is 19.4 Å². The summed E-state index contributed by atoms with van der Waals surface area (Å²) in [6.45, 7) is 7.68. The second kappa shape index (κ2) is 18.1. The molecular formula is C26H51N2O+. The summed E-state index contributed by atoms with van der Waals surface area (Å²) in [7, 11) is 0. The Balaban J connectivity index is 1.85. The predicted octanol–water partition coefficient (Wildman–Crippen LogP) is 7.04. The van der Waals surface area contributed by atoms with Crippen LogP contribution in [0.5, 0.6) is 0 Å². The number of hydrogen-bond acceptors (Lipinski definition) is 2. The lowest BCUT2D eigenvalue weighted by atomic mass is 10.0. The van der Waals surface area contributed by atoms with Gasteiger partial charge in [0.1, 0.15) is 13.1 Å². The molecule has 0 fully saturated rings. The molecule has 0 spiro atoms. The lowest BCUT2D eigenvalue weighted by Crippen LogP contribution is -2.53. The van der Waals surface area contributed by atoms with E-state index in [0.29, 0.717) is 6.17 Å². The molecule has 0 aromatic carbocycles. The maximum atomic E-state index is 9.39. The van der Waals surface area contributed by atoms with Crippen molar-refractivity contribution < 1.29 is 9.59 Å². The summed E-state index contributed by atoms with van der Waals surface area (Å²) in [5.41, 5.74) is 0. The number of unbranched alkanes of at least 4 members (excludes halogenated alkanes) is 13. The Labute approximate surface area is 182 Å². The van der Waals surface area contributed by atoms with Crippen LogP contribution in [0.15, 0.2) is 17.1 Å². The number of aliphatic hydroxyl groups is 1. The molecule has 0 aromatic rings. The van der Waals surface area contributed by atoms with Gasteiger partial charge in [-0.1, -0.05) is 89.7 Å². The van der Waals surface area contributed by atoms with Crippen LogP contribution >= 0.6 is 0 Å². The van der Waals surface area contributed by atoms with E-state index in [1.54, 1.807) is 0 Å². The van der Waals surface area contributed by atoms with E-state index >= 15 is 0 Å². The number of rotatable bonds is 20. The second-order valence-electron chi connectivity index (χ2n) is 9.03. The Bertz CT molecular complexity index is 421. The lowest BCUT2D eigenvalue weighted by molar-refractivity contribution is -0.936. The molecule has 1 aliphatic rings. The first-order valence-electron chi connectivity index (χ1n) is 12.9. The zero-order chi connectivity index (χ0) is 21.0. The minimum atomic E-state index is 0.282. The van der Waals surface area contributed by atoms with Gasteiger partial charge in [-0.2, -0.15) is 0 Å². The molecule has 170 valence electrons. The third-order valence-corrected chi connectivity index (χ3v) is 6.77. The summed E-state index contributed by atoms with van der Waals surface area (Å²) in [5, 5.41) is 9.39. The van der Waals surface area contributed by atoms with Crippen molar-refractivity contribution in [1.82, 2.24) is 0 Å². The number of aliphatic imine (C=N–C) groups is 1. The molecule has 2 atom stereocenters. The zero-order valence-corrected chi connectivity index (χ0v) is 19.8. The van der Waals surface area contributed by atoms with E-state index in [0.717, 1.165) is 24.1 Å². The molecule has 0 saturated carbocycles. The van der Waals surface area contributed by atoms with E-state index < -0.39 is 0 Å². The molecule has 0 aliphatic carbocycles. The molecule has 2 unspecified atom stereocenters. The van der Waals surface area contributed by atoms with Crippen LogP contribution in [0, 0.1) is 0 Å². The van der Waals surface area contributed by atoms with Crippen LogP contribution in [0.25, 0.3) is 0 Å². The van der Waals surface area contributed by atoms with Crippen LogP contribution in [-0.2, 0) is 0 Å². The third-order valence-electron chi connectivity index (χ3n) is 6.77. The molecule has 0 radical (unpaired) electrons. The maximum absolute atomic E-state index is 9.39. The molecule has 1 aliphatic heterocycles. The molecule has 0 saturated heterocycles. The van der Waals surface area contributed by atoms with E-state index in [2.05, 4.69) is 32.2 Å². The highest BCUT2D eigenvalue weighted by molar-refractivity contribution is 5.60. The highest BCUT2D eigenvalue weighted by Gasteiger charge is 2.36. The van der Waals surface area contributed by atoms with Crippen molar-refractivity contribution in [2.24, 2.45) is 4.99 Å². The molecule has 3 nitrogen and oxygen atoms in total. The predicted molar refractivity (Wildman–Crippen MR) is 129 cm³/mol. The molecule has 0 bridgehead atoms. The van der Waals surface area contributed by atoms with E-state index in [9.17, 15) is 5.11 Å². The number of nitrogens with zero attached hydrogens (tertiary/aromatic N) is 2. The van der Waals surface area contributed by atoms with Crippen molar-refractivity contribution in [3.8, 4) is 0 Å². The zero-order valence-electron chi connectivity index (χ0n) is 19.8. The van der Waals surface area contributed by atoms with E-state index in [-0.39, 0.29) is 6.61 Å². The Morgan fingerprint density at radius 1 is 0.828 bits per heavy atom. The minimum Gasteiger partial charge on any atom is -0.391 e. The molecular weight excluding hydrogens is 356 g/mol. The fourth-order valence-electron chi connectivity index (χ4n) is 4.70. The monoisotopic (exact) mass is 407 g/mol. The van der Waals surface area contributed by atoms with Crippen LogP contribution in [0.3, 0.4) is 0 Å². The van der Waals surface area contributed by atoms with Gasteiger partial charge in [0.15, 0.2) is 6.17 Å². The fraction of sp³-hybridized carbons (Fsp3) is 0.885. The van der Waals surface area contributed by atoms with Crippen LogP contribution in [-0.4, -0.2) is 48.2 Å². The highest BCUT2D eigenvalue weighted by atomic mass is 16.3. The summed E-state index contributed by atoms with van der Waals surface area (Å²) < 4.78 is 0.979. The average Bonchev–Trinajstić information content (AvgIpc) is 3.13. The number of hydrogen-bond donors (Lipinski definition) is 1. The van der Waals surface area contributed by atoms with E-state index in [1.807, 2.05) is 0 Å². The van der Waals surface area contributed by atoms with Crippen molar-refractivity contribution >= 4 is 6.21 Å². The van der Waals surface area contributed by atoms with Crippen molar-refractivity contribution in [2.45, 2.75) is 123 Å². The maximum Gasteiger partial charge on any atom is 0.182 e. The van der Waals surface area contributed by atoms with Gasteiger partial charge >= 0.3 is 0 Å². The van der Waals surface area contributed by atoms with Gasteiger partial charge in [-0.15, -0.1) is 0 Å². The van der Waals surface area contributed by atoms with Crippen LogP contribution in [0.4, 0.5) is 0 Å². The fourth-order valence-corrected chi connectivity index (χ4v) is 4.70. The van der Waals surface area contributed by atoms with Crippen molar-refractivity contribution in [3.05, 3.63) is 12.2 Å². The summed E-state index contributed by atoms with van der Waals surface area (Å²) >= 11 is 0. The topological polar surface area (TPSA) is 32.6 Å². The largest absolute Gasteiger partial charge is 0.391 e. The first-order chi connectivity index (χ1) is 14.3. The number of aliphatic hydroxyl groups excluding tert-OH is 1. The van der Waals surface area contributed by atoms with Gasteiger partial charge in [0.25, 0.3) is 0 Å². The second-order valence-corrected chi connectivity index (χ2v) is 9.03. The van der Waals surface area contributed by atoms with Crippen LogP contribution in [0.1, 0.15) is 117 Å². The van der Waals surface area contributed by atoms with E-state index in [4.69, 9.17) is 4.99 Å². The molecule has 1 rings (SSSR count). The van der Waals surface area contributed by atoms with Gasteiger partial charge < -0.3 is 5.11 Å². The number of allylic oxidation sites excluding steroid dienone is 2. The summed E-state index contributed by atoms with van der Waals surface area (Å²) in [5.74, 6) is 0. The molecule has 1 N–H and O–H groups in total. The quantitative estimate of drug-likeness (QED) is 0.131. The SMILES string of the molecule is CC/C=C/CCCCCCCCCCCCCCCC1N=CC[N+]1(CC)CCO. The smallest absolute Gasteiger partial charge is 0.182 e.